The van der Waals surface area contributed by atoms with Gasteiger partial charge >= 0.3 is 0 Å². The molecule has 0 saturated heterocycles. The second kappa shape index (κ2) is 7.30. The summed E-state index contributed by atoms with van der Waals surface area (Å²) < 4.78 is 4.92. The van der Waals surface area contributed by atoms with Crippen LogP contribution in [0.2, 0.25) is 0 Å². The number of ether oxygens (including phenoxy) is 1. The van der Waals surface area contributed by atoms with Crippen molar-refractivity contribution in [1.82, 2.24) is 5.32 Å². The molecule has 1 aromatic carbocycles. The molecule has 0 spiro atoms. The van der Waals surface area contributed by atoms with Crippen LogP contribution in [0, 0.1) is 6.92 Å². The predicted molar refractivity (Wildman–Crippen MR) is 69.6 cm³/mol. The smallest absolute Gasteiger partial charge is 0.251 e. The minimum Gasteiger partial charge on any atom is -0.383 e. The molecule has 3 nitrogen and oxygen atoms in total. The molecule has 1 atom stereocenters. The van der Waals surface area contributed by atoms with E-state index in [4.69, 9.17) is 16.3 Å². The predicted octanol–water partition coefficient (Wildman–Crippen LogP) is 2.37. The average molecular weight is 256 g/mol. The van der Waals surface area contributed by atoms with E-state index in [2.05, 4.69) is 5.32 Å². The molecule has 94 valence electrons. The van der Waals surface area contributed by atoms with Crippen LogP contribution in [-0.4, -0.2) is 31.5 Å². The minimum atomic E-state index is -0.0602. The zero-order valence-electron chi connectivity index (χ0n) is 10.2. The molecule has 0 heterocycles. The Bertz CT molecular complexity index is 368. The Morgan fingerprint density at radius 3 is 2.94 bits per heavy atom. The quantitative estimate of drug-likeness (QED) is 0.793. The van der Waals surface area contributed by atoms with Crippen molar-refractivity contribution in [3.05, 3.63) is 35.4 Å². The molecule has 1 aromatic rings. The van der Waals surface area contributed by atoms with Crippen molar-refractivity contribution in [3.63, 3.8) is 0 Å². The number of carbonyl (C=O) groups excluding carboxylic acids is 1. The molecule has 4 heteroatoms. The third kappa shape index (κ3) is 5.20. The summed E-state index contributed by atoms with van der Waals surface area (Å²) in [6.45, 7) is 3.02. The maximum absolute atomic E-state index is 11.8. The van der Waals surface area contributed by atoms with Crippen LogP contribution in [0.25, 0.3) is 0 Å². The molecule has 0 bridgehead atoms. The molecule has 0 aliphatic heterocycles. The highest BCUT2D eigenvalue weighted by Crippen LogP contribution is 2.04. The molecule has 1 N–H and O–H groups in total. The van der Waals surface area contributed by atoms with Crippen molar-refractivity contribution in [2.75, 3.05) is 20.3 Å². The number of amides is 1. The lowest BCUT2D eigenvalue weighted by atomic mass is 10.1. The largest absolute Gasteiger partial charge is 0.383 e. The van der Waals surface area contributed by atoms with E-state index < -0.39 is 0 Å². The van der Waals surface area contributed by atoms with Gasteiger partial charge in [0.1, 0.15) is 0 Å². The Morgan fingerprint density at radius 1 is 1.53 bits per heavy atom. The van der Waals surface area contributed by atoms with E-state index in [1.165, 1.54) is 0 Å². The number of hydrogen-bond acceptors (Lipinski definition) is 2. The molecule has 0 radical (unpaired) electrons. The van der Waals surface area contributed by atoms with Crippen LogP contribution in [0.4, 0.5) is 0 Å². The molecule has 0 aliphatic rings. The summed E-state index contributed by atoms with van der Waals surface area (Å²) in [5, 5.41) is 2.78. The van der Waals surface area contributed by atoms with Crippen molar-refractivity contribution in [2.24, 2.45) is 0 Å². The van der Waals surface area contributed by atoms with Crippen LogP contribution in [0.15, 0.2) is 24.3 Å². The first kappa shape index (κ1) is 14.0. The number of hydrogen-bond donors (Lipinski definition) is 1. The number of methoxy groups -OCH3 is 1. The fourth-order valence-electron chi connectivity index (χ4n) is 1.49. The molecular formula is C13H18ClNO2. The standard InChI is InChI=1S/C13H18ClNO2/c1-10-4-3-5-11(8-10)13(16)15-7-6-12(14)9-17-2/h3-5,8,12H,6-7,9H2,1-2H3,(H,15,16). The van der Waals surface area contributed by atoms with Gasteiger partial charge in [-0.05, 0) is 25.5 Å². The second-order valence-corrected chi connectivity index (χ2v) is 4.58. The van der Waals surface area contributed by atoms with Crippen LogP contribution in [0.5, 0.6) is 0 Å². The van der Waals surface area contributed by atoms with Gasteiger partial charge in [-0.2, -0.15) is 0 Å². The van der Waals surface area contributed by atoms with E-state index in [0.717, 1.165) is 5.56 Å². The highest BCUT2D eigenvalue weighted by molar-refractivity contribution is 6.20. The molecule has 1 rings (SSSR count). The first-order valence-electron chi connectivity index (χ1n) is 5.61. The monoisotopic (exact) mass is 255 g/mol. The normalized spacial score (nSPS) is 12.2. The van der Waals surface area contributed by atoms with Crippen molar-refractivity contribution in [3.8, 4) is 0 Å². The molecular weight excluding hydrogens is 238 g/mol. The average Bonchev–Trinajstić information content (AvgIpc) is 2.29. The van der Waals surface area contributed by atoms with E-state index in [1.54, 1.807) is 13.2 Å². The van der Waals surface area contributed by atoms with Crippen LogP contribution >= 0.6 is 11.6 Å². The lowest BCUT2D eigenvalue weighted by Crippen LogP contribution is -2.27. The number of carbonyl (C=O) groups is 1. The number of halogens is 1. The first-order chi connectivity index (χ1) is 8.13. The lowest BCUT2D eigenvalue weighted by molar-refractivity contribution is 0.0951. The summed E-state index contributed by atoms with van der Waals surface area (Å²) in [5.41, 5.74) is 1.76. The number of aryl methyl sites for hydroxylation is 1. The van der Waals surface area contributed by atoms with Gasteiger partial charge in [-0.3, -0.25) is 4.79 Å². The van der Waals surface area contributed by atoms with Crippen LogP contribution in [0.1, 0.15) is 22.3 Å². The lowest BCUT2D eigenvalue weighted by Gasteiger charge is -2.09. The highest BCUT2D eigenvalue weighted by atomic mass is 35.5. The van der Waals surface area contributed by atoms with Gasteiger partial charge in [0.25, 0.3) is 5.91 Å². The fraction of sp³-hybridized carbons (Fsp3) is 0.462. The zero-order valence-corrected chi connectivity index (χ0v) is 11.0. The van der Waals surface area contributed by atoms with Gasteiger partial charge in [0.15, 0.2) is 0 Å². The molecule has 0 saturated carbocycles. The minimum absolute atomic E-state index is 0.0576. The van der Waals surface area contributed by atoms with Gasteiger partial charge in [0.2, 0.25) is 0 Å². The van der Waals surface area contributed by atoms with Crippen molar-refractivity contribution in [1.29, 1.82) is 0 Å². The first-order valence-corrected chi connectivity index (χ1v) is 6.05. The number of benzene rings is 1. The Morgan fingerprint density at radius 2 is 2.29 bits per heavy atom. The topological polar surface area (TPSA) is 38.3 Å². The van der Waals surface area contributed by atoms with Crippen LogP contribution < -0.4 is 5.32 Å². The maximum Gasteiger partial charge on any atom is 0.251 e. The van der Waals surface area contributed by atoms with Gasteiger partial charge in [-0.25, -0.2) is 0 Å². The van der Waals surface area contributed by atoms with Gasteiger partial charge in [-0.1, -0.05) is 17.7 Å². The molecule has 1 unspecified atom stereocenters. The summed E-state index contributed by atoms with van der Waals surface area (Å²) >= 11 is 5.96. The second-order valence-electron chi connectivity index (χ2n) is 3.97. The van der Waals surface area contributed by atoms with Crippen molar-refractivity contribution < 1.29 is 9.53 Å². The Kier molecular flexibility index (Phi) is 6.01. The van der Waals surface area contributed by atoms with Crippen LogP contribution in [0.3, 0.4) is 0 Å². The third-order valence-electron chi connectivity index (χ3n) is 2.37. The Labute approximate surface area is 107 Å². The number of alkyl halides is 1. The fourth-order valence-corrected chi connectivity index (χ4v) is 1.73. The summed E-state index contributed by atoms with van der Waals surface area (Å²) in [4.78, 5) is 11.8. The molecule has 0 fully saturated rings. The van der Waals surface area contributed by atoms with E-state index in [9.17, 15) is 4.79 Å². The van der Waals surface area contributed by atoms with Gasteiger partial charge in [-0.15, -0.1) is 11.6 Å². The van der Waals surface area contributed by atoms with Crippen molar-refractivity contribution in [2.45, 2.75) is 18.7 Å². The van der Waals surface area contributed by atoms with E-state index in [1.807, 2.05) is 25.1 Å². The maximum atomic E-state index is 11.8. The number of rotatable bonds is 6. The SMILES string of the molecule is COCC(Cl)CCNC(=O)c1cccc(C)c1. The molecule has 1 amide bonds. The van der Waals surface area contributed by atoms with Crippen LogP contribution in [-0.2, 0) is 4.74 Å². The van der Waals surface area contributed by atoms with Gasteiger partial charge < -0.3 is 10.1 Å². The summed E-state index contributed by atoms with van der Waals surface area (Å²) in [6.07, 6.45) is 0.701. The summed E-state index contributed by atoms with van der Waals surface area (Å²) in [7, 11) is 1.61. The van der Waals surface area contributed by atoms with Crippen molar-refractivity contribution >= 4 is 17.5 Å². The number of nitrogens with one attached hydrogen (secondary N) is 1. The molecule has 17 heavy (non-hydrogen) atoms. The summed E-state index contributed by atoms with van der Waals surface area (Å²) in [6, 6.07) is 7.50. The van der Waals surface area contributed by atoms with E-state index in [0.29, 0.717) is 25.1 Å². The molecule has 0 aromatic heterocycles. The Hall–Kier alpha value is -1.06. The zero-order chi connectivity index (χ0) is 12.7. The van der Waals surface area contributed by atoms with E-state index >= 15 is 0 Å². The third-order valence-corrected chi connectivity index (χ3v) is 2.72. The summed E-state index contributed by atoms with van der Waals surface area (Å²) in [5.74, 6) is -0.0602. The van der Waals surface area contributed by atoms with E-state index in [-0.39, 0.29) is 11.3 Å². The Balaban J connectivity index is 2.35. The van der Waals surface area contributed by atoms with Gasteiger partial charge in [0, 0.05) is 19.2 Å². The van der Waals surface area contributed by atoms with Gasteiger partial charge in [0.05, 0.1) is 12.0 Å². The molecule has 0 aliphatic carbocycles. The highest BCUT2D eigenvalue weighted by Gasteiger charge is 2.07.